The summed E-state index contributed by atoms with van der Waals surface area (Å²) >= 11 is 0. The van der Waals surface area contributed by atoms with Crippen LogP contribution < -0.4 is 10.6 Å². The maximum atomic E-state index is 13.0. The predicted octanol–water partition coefficient (Wildman–Crippen LogP) is 2.79. The molecule has 8 heteroatoms. The smallest absolute Gasteiger partial charge is 0.414 e. The molecule has 0 bridgehead atoms. The topological polar surface area (TPSA) is 95.0 Å². The van der Waals surface area contributed by atoms with Gasteiger partial charge in [-0.3, -0.25) is 4.90 Å². The van der Waals surface area contributed by atoms with Crippen molar-refractivity contribution in [1.82, 2.24) is 14.6 Å². The van der Waals surface area contributed by atoms with Crippen molar-refractivity contribution in [3.05, 3.63) is 18.0 Å². The van der Waals surface area contributed by atoms with E-state index in [9.17, 15) is 4.79 Å². The molecule has 1 fully saturated rings. The lowest BCUT2D eigenvalue weighted by Crippen LogP contribution is -2.41. The van der Waals surface area contributed by atoms with Gasteiger partial charge < -0.3 is 15.2 Å². The van der Waals surface area contributed by atoms with E-state index in [4.69, 9.17) is 15.2 Å². The second-order valence-corrected chi connectivity index (χ2v) is 7.74. The van der Waals surface area contributed by atoms with Crippen LogP contribution in [-0.4, -0.2) is 46.1 Å². The fourth-order valence-electron chi connectivity index (χ4n) is 3.05. The minimum Gasteiger partial charge on any atom is -0.443 e. The molecule has 26 heavy (non-hydrogen) atoms. The van der Waals surface area contributed by atoms with Crippen LogP contribution in [0.15, 0.2) is 12.3 Å². The summed E-state index contributed by atoms with van der Waals surface area (Å²) in [7, 11) is 0. The monoisotopic (exact) mass is 361 g/mol. The molecule has 1 aliphatic heterocycles. The van der Waals surface area contributed by atoms with Crippen molar-refractivity contribution in [2.45, 2.75) is 46.1 Å². The number of ether oxygens (including phenoxy) is 2. The fourth-order valence-corrected chi connectivity index (χ4v) is 3.05. The summed E-state index contributed by atoms with van der Waals surface area (Å²) in [4.78, 5) is 19.0. The van der Waals surface area contributed by atoms with Crippen LogP contribution >= 0.6 is 0 Å². The van der Waals surface area contributed by atoms with Crippen LogP contribution in [0.1, 0.15) is 39.3 Å². The van der Waals surface area contributed by atoms with Crippen molar-refractivity contribution in [3.63, 3.8) is 0 Å². The van der Waals surface area contributed by atoms with Gasteiger partial charge in [-0.15, -0.1) is 5.10 Å². The molecule has 0 aliphatic carbocycles. The molecule has 1 saturated heterocycles. The van der Waals surface area contributed by atoms with Crippen LogP contribution in [0, 0.1) is 12.8 Å². The Morgan fingerprint density at radius 1 is 1.42 bits per heavy atom. The van der Waals surface area contributed by atoms with E-state index in [-0.39, 0.29) is 0 Å². The molecular weight excluding hydrogens is 334 g/mol. The Morgan fingerprint density at radius 2 is 2.12 bits per heavy atom. The third-order valence-electron chi connectivity index (χ3n) is 4.32. The molecule has 1 amide bonds. The molecule has 2 aromatic heterocycles. The number of nitrogen functional groups attached to an aromatic ring is 1. The van der Waals surface area contributed by atoms with E-state index in [2.05, 4.69) is 10.1 Å². The first-order valence-electron chi connectivity index (χ1n) is 8.94. The number of nitrogens with zero attached hydrogens (tertiary/aromatic N) is 4. The number of imidazole rings is 1. The van der Waals surface area contributed by atoms with Crippen molar-refractivity contribution in [3.8, 4) is 0 Å². The van der Waals surface area contributed by atoms with E-state index < -0.39 is 11.7 Å². The van der Waals surface area contributed by atoms with Gasteiger partial charge in [0.15, 0.2) is 5.65 Å². The highest BCUT2D eigenvalue weighted by atomic mass is 16.6. The zero-order valence-electron chi connectivity index (χ0n) is 15.9. The number of anilines is 2. The minimum atomic E-state index is -0.592. The third-order valence-corrected chi connectivity index (χ3v) is 4.32. The lowest BCUT2D eigenvalue weighted by atomic mass is 9.99. The molecular formula is C18H27N5O3. The molecule has 8 nitrogen and oxygen atoms in total. The highest BCUT2D eigenvalue weighted by Gasteiger charge is 2.29. The minimum absolute atomic E-state index is 0.328. The Bertz CT molecular complexity index is 790. The molecule has 0 unspecified atom stereocenters. The molecule has 0 saturated carbocycles. The number of carbonyl (C=O) groups is 1. The summed E-state index contributed by atoms with van der Waals surface area (Å²) < 4.78 is 12.7. The Balaban J connectivity index is 2.00. The summed E-state index contributed by atoms with van der Waals surface area (Å²) in [5, 5.41) is 4.29. The van der Waals surface area contributed by atoms with E-state index in [0.29, 0.717) is 42.8 Å². The average Bonchev–Trinajstić information content (AvgIpc) is 2.92. The average molecular weight is 361 g/mol. The fraction of sp³-hybridized carbons (Fsp3) is 0.611. The number of aromatic nitrogens is 3. The summed E-state index contributed by atoms with van der Waals surface area (Å²) in [5.74, 6) is 0.663. The normalized spacial score (nSPS) is 16.0. The number of amides is 1. The quantitative estimate of drug-likeness (QED) is 0.903. The summed E-state index contributed by atoms with van der Waals surface area (Å²) in [6.07, 6.45) is 3.12. The highest BCUT2D eigenvalue weighted by molar-refractivity contribution is 5.93. The molecule has 3 heterocycles. The van der Waals surface area contributed by atoms with Gasteiger partial charge in [-0.05, 0) is 46.5 Å². The lowest BCUT2D eigenvalue weighted by molar-refractivity contribution is 0.0515. The Labute approximate surface area is 153 Å². The number of rotatable bonds is 3. The van der Waals surface area contributed by atoms with Gasteiger partial charge >= 0.3 is 6.09 Å². The van der Waals surface area contributed by atoms with Gasteiger partial charge in [-0.25, -0.2) is 14.3 Å². The van der Waals surface area contributed by atoms with E-state index in [1.54, 1.807) is 21.7 Å². The standard InChI is InChI=1S/C18H27N5O3/c1-12-10-20-16-14(9-15(19)21-23(12)16)22(17(24)26-18(2,3)4)11-13-5-7-25-8-6-13/h9-10,13H,5-8,11H2,1-4H3,(H2,19,21). The zero-order valence-corrected chi connectivity index (χ0v) is 15.9. The van der Waals surface area contributed by atoms with Crippen LogP contribution in [0.2, 0.25) is 0 Å². The van der Waals surface area contributed by atoms with Gasteiger partial charge in [0, 0.05) is 25.8 Å². The van der Waals surface area contributed by atoms with Gasteiger partial charge in [-0.2, -0.15) is 0 Å². The first-order chi connectivity index (χ1) is 12.2. The van der Waals surface area contributed by atoms with Crippen LogP contribution in [0.3, 0.4) is 0 Å². The van der Waals surface area contributed by atoms with Gasteiger partial charge in [-0.1, -0.05) is 0 Å². The number of carbonyl (C=O) groups excluding carboxylic acids is 1. The van der Waals surface area contributed by atoms with Gasteiger partial charge in [0.1, 0.15) is 11.4 Å². The first-order valence-corrected chi connectivity index (χ1v) is 8.94. The summed E-state index contributed by atoms with van der Waals surface area (Å²) in [6, 6.07) is 1.69. The summed E-state index contributed by atoms with van der Waals surface area (Å²) in [6.45, 7) is 9.41. The molecule has 0 radical (unpaired) electrons. The van der Waals surface area contributed by atoms with Gasteiger partial charge in [0.25, 0.3) is 0 Å². The molecule has 0 atom stereocenters. The highest BCUT2D eigenvalue weighted by Crippen LogP contribution is 2.28. The Hall–Kier alpha value is -2.35. The molecule has 1 aliphatic rings. The number of hydrogen-bond donors (Lipinski definition) is 1. The zero-order chi connectivity index (χ0) is 18.9. The maximum Gasteiger partial charge on any atom is 0.414 e. The van der Waals surface area contributed by atoms with Crippen LogP contribution in [0.25, 0.3) is 5.65 Å². The van der Waals surface area contributed by atoms with E-state index in [1.807, 2.05) is 27.7 Å². The Kier molecular flexibility index (Phi) is 5.04. The molecule has 2 N–H and O–H groups in total. The Morgan fingerprint density at radius 3 is 2.77 bits per heavy atom. The lowest BCUT2D eigenvalue weighted by Gasteiger charge is -2.31. The van der Waals surface area contributed by atoms with Crippen molar-refractivity contribution >= 4 is 23.2 Å². The molecule has 0 spiro atoms. The molecule has 2 aromatic rings. The van der Waals surface area contributed by atoms with Crippen LogP contribution in [-0.2, 0) is 9.47 Å². The van der Waals surface area contributed by atoms with E-state index >= 15 is 0 Å². The van der Waals surface area contributed by atoms with Gasteiger partial charge in [0.2, 0.25) is 0 Å². The number of fused-ring (bicyclic) bond motifs is 1. The van der Waals surface area contributed by atoms with Crippen molar-refractivity contribution in [2.24, 2.45) is 5.92 Å². The largest absolute Gasteiger partial charge is 0.443 e. The van der Waals surface area contributed by atoms with E-state index in [1.165, 1.54) is 0 Å². The maximum absolute atomic E-state index is 13.0. The molecule has 0 aromatic carbocycles. The van der Waals surface area contributed by atoms with Crippen molar-refractivity contribution in [1.29, 1.82) is 0 Å². The van der Waals surface area contributed by atoms with Crippen LogP contribution in [0.5, 0.6) is 0 Å². The van der Waals surface area contributed by atoms with Crippen molar-refractivity contribution in [2.75, 3.05) is 30.4 Å². The van der Waals surface area contributed by atoms with Crippen molar-refractivity contribution < 1.29 is 14.3 Å². The van der Waals surface area contributed by atoms with E-state index in [0.717, 1.165) is 18.5 Å². The van der Waals surface area contributed by atoms with Crippen LogP contribution in [0.4, 0.5) is 16.3 Å². The molecule has 142 valence electrons. The second-order valence-electron chi connectivity index (χ2n) is 7.74. The summed E-state index contributed by atoms with van der Waals surface area (Å²) in [5.41, 5.74) is 7.46. The third kappa shape index (κ3) is 4.07. The SMILES string of the molecule is Cc1cnc2c(N(CC3CCOCC3)C(=O)OC(C)(C)C)cc(N)nn12. The molecule has 3 rings (SSSR count). The second kappa shape index (κ2) is 7.11. The van der Waals surface area contributed by atoms with Gasteiger partial charge in [0.05, 0.1) is 17.6 Å². The predicted molar refractivity (Wildman–Crippen MR) is 99.3 cm³/mol. The number of hydrogen-bond acceptors (Lipinski definition) is 6. The first kappa shape index (κ1) is 18.4. The number of nitrogens with two attached hydrogens (primary N) is 1. The number of aryl methyl sites for hydroxylation is 1.